The van der Waals surface area contributed by atoms with Gasteiger partial charge in [-0.2, -0.15) is 5.10 Å². The SMILES string of the molecule is Cc1cc(C[C@@H]2CN(C(=O)c3cnc(C)c(C)c3)C[C@H]2O)n[nH]1. The number of rotatable bonds is 3. The van der Waals surface area contributed by atoms with Crippen LogP contribution in [0.3, 0.4) is 0 Å². The number of nitrogens with zero attached hydrogens (tertiary/aromatic N) is 3. The topological polar surface area (TPSA) is 82.1 Å². The van der Waals surface area contributed by atoms with Crippen LogP contribution in [-0.4, -0.2) is 50.3 Å². The van der Waals surface area contributed by atoms with Gasteiger partial charge in [0.25, 0.3) is 5.91 Å². The number of aliphatic hydroxyl groups is 1. The van der Waals surface area contributed by atoms with E-state index in [9.17, 15) is 9.90 Å². The quantitative estimate of drug-likeness (QED) is 0.897. The number of β-amino-alcohol motifs (C(OH)–C–C–N with tert-alkyl or cyclic N) is 1. The van der Waals surface area contributed by atoms with Gasteiger partial charge in [-0.25, -0.2) is 0 Å². The van der Waals surface area contributed by atoms with Gasteiger partial charge in [0.05, 0.1) is 17.4 Å². The van der Waals surface area contributed by atoms with E-state index in [-0.39, 0.29) is 11.8 Å². The minimum atomic E-state index is -0.518. The number of carbonyl (C=O) groups excluding carboxylic acids is 1. The maximum atomic E-state index is 12.6. The van der Waals surface area contributed by atoms with Crippen molar-refractivity contribution in [3.05, 3.63) is 46.5 Å². The number of pyridine rings is 1. The summed E-state index contributed by atoms with van der Waals surface area (Å²) in [6, 6.07) is 3.84. The Morgan fingerprint density at radius 3 is 2.78 bits per heavy atom. The summed E-state index contributed by atoms with van der Waals surface area (Å²) in [5.74, 6) is -0.0542. The lowest BCUT2D eigenvalue weighted by Crippen LogP contribution is -2.29. The Bertz CT molecular complexity index is 725. The van der Waals surface area contributed by atoms with E-state index in [1.54, 1.807) is 11.1 Å². The summed E-state index contributed by atoms with van der Waals surface area (Å²) in [7, 11) is 0. The summed E-state index contributed by atoms with van der Waals surface area (Å²) in [4.78, 5) is 18.6. The van der Waals surface area contributed by atoms with Crippen LogP contribution in [0.1, 0.15) is 33.0 Å². The lowest BCUT2D eigenvalue weighted by molar-refractivity contribution is 0.0764. The molecule has 2 atom stereocenters. The standard InChI is InChI=1S/C17H22N4O2/c1-10-4-13(7-18-12(10)3)17(23)21-8-14(16(22)9-21)6-15-5-11(2)19-20-15/h4-5,7,14,16,22H,6,8-9H2,1-3H3,(H,19,20)/t14-,16-/m1/s1. The van der Waals surface area contributed by atoms with Gasteiger partial charge in [-0.05, 0) is 44.9 Å². The lowest BCUT2D eigenvalue weighted by atomic mass is 10.0. The van der Waals surface area contributed by atoms with Gasteiger partial charge in [-0.1, -0.05) is 0 Å². The predicted octanol–water partition coefficient (Wildman–Crippen LogP) is 1.41. The second-order valence-electron chi connectivity index (χ2n) is 6.41. The molecular weight excluding hydrogens is 292 g/mol. The molecule has 122 valence electrons. The van der Waals surface area contributed by atoms with Crippen molar-refractivity contribution in [3.8, 4) is 0 Å². The largest absolute Gasteiger partial charge is 0.391 e. The predicted molar refractivity (Wildman–Crippen MR) is 86.1 cm³/mol. The number of nitrogens with one attached hydrogen (secondary N) is 1. The number of carbonyl (C=O) groups is 1. The van der Waals surface area contributed by atoms with Crippen molar-refractivity contribution in [2.45, 2.75) is 33.3 Å². The third-order valence-corrected chi connectivity index (χ3v) is 4.51. The van der Waals surface area contributed by atoms with Crippen LogP contribution in [0.15, 0.2) is 18.3 Å². The summed E-state index contributed by atoms with van der Waals surface area (Å²) in [5.41, 5.74) is 4.43. The molecule has 0 aliphatic carbocycles. The van der Waals surface area contributed by atoms with Crippen molar-refractivity contribution in [2.75, 3.05) is 13.1 Å². The first kappa shape index (κ1) is 15.7. The molecule has 1 aliphatic rings. The van der Waals surface area contributed by atoms with Crippen LogP contribution in [0.4, 0.5) is 0 Å². The van der Waals surface area contributed by atoms with Crippen LogP contribution in [0.5, 0.6) is 0 Å². The third-order valence-electron chi connectivity index (χ3n) is 4.51. The Morgan fingerprint density at radius 1 is 1.35 bits per heavy atom. The van der Waals surface area contributed by atoms with Crippen LogP contribution >= 0.6 is 0 Å². The average Bonchev–Trinajstić information content (AvgIpc) is 3.08. The number of H-pyrrole nitrogens is 1. The molecule has 1 fully saturated rings. The molecule has 2 aromatic rings. The average molecular weight is 314 g/mol. The highest BCUT2D eigenvalue weighted by molar-refractivity contribution is 5.94. The summed E-state index contributed by atoms with van der Waals surface area (Å²) in [6.45, 7) is 6.72. The van der Waals surface area contributed by atoms with Gasteiger partial charge < -0.3 is 10.0 Å². The molecule has 1 saturated heterocycles. The Kier molecular flexibility index (Phi) is 4.17. The van der Waals surface area contributed by atoms with Crippen molar-refractivity contribution in [1.29, 1.82) is 0 Å². The molecule has 6 heteroatoms. The normalized spacial score (nSPS) is 21.0. The fourth-order valence-corrected chi connectivity index (χ4v) is 3.01. The summed E-state index contributed by atoms with van der Waals surface area (Å²) < 4.78 is 0. The minimum absolute atomic E-state index is 0.0150. The first-order valence-electron chi connectivity index (χ1n) is 7.85. The second-order valence-corrected chi connectivity index (χ2v) is 6.41. The number of aryl methyl sites for hydroxylation is 3. The fourth-order valence-electron chi connectivity index (χ4n) is 3.01. The summed E-state index contributed by atoms with van der Waals surface area (Å²) in [5, 5.41) is 17.4. The Labute approximate surface area is 135 Å². The molecule has 0 saturated carbocycles. The zero-order chi connectivity index (χ0) is 16.6. The maximum Gasteiger partial charge on any atom is 0.255 e. The van der Waals surface area contributed by atoms with Gasteiger partial charge in [-0.15, -0.1) is 0 Å². The molecule has 23 heavy (non-hydrogen) atoms. The van der Waals surface area contributed by atoms with Gasteiger partial charge in [0.1, 0.15) is 0 Å². The molecule has 0 aromatic carbocycles. The van der Waals surface area contributed by atoms with E-state index in [0.717, 1.165) is 22.6 Å². The van der Waals surface area contributed by atoms with Crippen molar-refractivity contribution in [3.63, 3.8) is 0 Å². The van der Waals surface area contributed by atoms with Crippen LogP contribution in [0.25, 0.3) is 0 Å². The highest BCUT2D eigenvalue weighted by atomic mass is 16.3. The number of amides is 1. The van der Waals surface area contributed by atoms with Crippen LogP contribution in [-0.2, 0) is 6.42 Å². The van der Waals surface area contributed by atoms with Crippen LogP contribution in [0.2, 0.25) is 0 Å². The first-order valence-corrected chi connectivity index (χ1v) is 7.85. The number of aliphatic hydroxyl groups excluding tert-OH is 1. The van der Waals surface area contributed by atoms with E-state index in [2.05, 4.69) is 15.2 Å². The monoisotopic (exact) mass is 314 g/mol. The molecule has 1 amide bonds. The smallest absolute Gasteiger partial charge is 0.255 e. The summed E-state index contributed by atoms with van der Waals surface area (Å²) >= 11 is 0. The molecule has 2 N–H and O–H groups in total. The second kappa shape index (κ2) is 6.12. The van der Waals surface area contributed by atoms with E-state index < -0.39 is 6.10 Å². The Hall–Kier alpha value is -2.21. The molecule has 1 aliphatic heterocycles. The zero-order valence-electron chi connectivity index (χ0n) is 13.7. The van der Waals surface area contributed by atoms with Crippen LogP contribution < -0.4 is 0 Å². The van der Waals surface area contributed by atoms with Crippen molar-refractivity contribution in [1.82, 2.24) is 20.1 Å². The summed E-state index contributed by atoms with van der Waals surface area (Å²) in [6.07, 6.45) is 1.76. The van der Waals surface area contributed by atoms with Gasteiger partial charge in [0, 0.05) is 36.6 Å². The van der Waals surface area contributed by atoms with E-state index in [1.807, 2.05) is 32.9 Å². The number of hydrogen-bond acceptors (Lipinski definition) is 4. The molecule has 3 heterocycles. The van der Waals surface area contributed by atoms with Gasteiger partial charge >= 0.3 is 0 Å². The molecule has 0 bridgehead atoms. The molecular formula is C17H22N4O2. The molecule has 0 radical (unpaired) electrons. The number of hydrogen-bond donors (Lipinski definition) is 2. The van der Waals surface area contributed by atoms with Gasteiger partial charge in [-0.3, -0.25) is 14.9 Å². The van der Waals surface area contributed by atoms with Crippen molar-refractivity contribution >= 4 is 5.91 Å². The van der Waals surface area contributed by atoms with E-state index in [0.29, 0.717) is 25.1 Å². The number of aromatic amines is 1. The van der Waals surface area contributed by atoms with E-state index in [1.165, 1.54) is 0 Å². The molecule has 6 nitrogen and oxygen atoms in total. The highest BCUT2D eigenvalue weighted by Gasteiger charge is 2.34. The maximum absolute atomic E-state index is 12.6. The number of aromatic nitrogens is 3. The molecule has 0 unspecified atom stereocenters. The molecule has 2 aromatic heterocycles. The Balaban J connectivity index is 1.69. The third kappa shape index (κ3) is 3.27. The van der Waals surface area contributed by atoms with E-state index >= 15 is 0 Å². The Morgan fingerprint density at radius 2 is 2.13 bits per heavy atom. The molecule has 3 rings (SSSR count). The lowest BCUT2D eigenvalue weighted by Gasteiger charge is -2.16. The van der Waals surface area contributed by atoms with Gasteiger partial charge in [0.15, 0.2) is 0 Å². The zero-order valence-corrected chi connectivity index (χ0v) is 13.7. The van der Waals surface area contributed by atoms with Gasteiger partial charge in [0.2, 0.25) is 0 Å². The number of likely N-dealkylation sites (tertiary alicyclic amines) is 1. The highest BCUT2D eigenvalue weighted by Crippen LogP contribution is 2.23. The van der Waals surface area contributed by atoms with Crippen molar-refractivity contribution < 1.29 is 9.90 Å². The molecule has 0 spiro atoms. The van der Waals surface area contributed by atoms with E-state index in [4.69, 9.17) is 0 Å². The first-order chi connectivity index (χ1) is 10.9. The minimum Gasteiger partial charge on any atom is -0.391 e. The van der Waals surface area contributed by atoms with Crippen molar-refractivity contribution in [2.24, 2.45) is 5.92 Å². The fraction of sp³-hybridized carbons (Fsp3) is 0.471. The van der Waals surface area contributed by atoms with Crippen LogP contribution in [0, 0.1) is 26.7 Å².